The van der Waals surface area contributed by atoms with Crippen LogP contribution in [-0.4, -0.2) is 45.6 Å². The van der Waals surface area contributed by atoms with Crippen molar-refractivity contribution in [1.29, 1.82) is 0 Å². The van der Waals surface area contributed by atoms with Crippen molar-refractivity contribution in [2.45, 2.75) is 27.3 Å². The highest BCUT2D eigenvalue weighted by Gasteiger charge is 2.31. The van der Waals surface area contributed by atoms with Crippen molar-refractivity contribution < 1.29 is 19.2 Å². The lowest BCUT2D eigenvalue weighted by Gasteiger charge is -2.13. The SMILES string of the molecule is CCn1ncc(C(=O)c2cc(C)c(Cl)c(C)c2[N+](=O)[O-])c1OC(=O)N(C)C. The molecule has 0 fully saturated rings. The third-order valence-corrected chi connectivity index (χ3v) is 4.54. The average Bonchev–Trinajstić information content (AvgIpc) is 3.00. The normalized spacial score (nSPS) is 10.6. The fourth-order valence-corrected chi connectivity index (χ4v) is 2.68. The first-order chi connectivity index (χ1) is 12.6. The van der Waals surface area contributed by atoms with Gasteiger partial charge in [0, 0.05) is 26.2 Å². The molecule has 0 unspecified atom stereocenters. The number of nitro groups is 1. The molecular weight excluding hydrogens is 376 g/mol. The third-order valence-electron chi connectivity index (χ3n) is 3.96. The van der Waals surface area contributed by atoms with Crippen LogP contribution >= 0.6 is 11.6 Å². The molecule has 144 valence electrons. The summed E-state index contributed by atoms with van der Waals surface area (Å²) in [6, 6.07) is 1.36. The lowest BCUT2D eigenvalue weighted by Crippen LogP contribution is -2.27. The molecule has 1 amide bonds. The van der Waals surface area contributed by atoms with Crippen molar-refractivity contribution in [2.24, 2.45) is 0 Å². The van der Waals surface area contributed by atoms with Gasteiger partial charge in [-0.15, -0.1) is 0 Å². The number of rotatable bonds is 5. The second-order valence-corrected chi connectivity index (χ2v) is 6.43. The van der Waals surface area contributed by atoms with Gasteiger partial charge in [-0.05, 0) is 32.4 Å². The van der Waals surface area contributed by atoms with Gasteiger partial charge in [0.15, 0.2) is 0 Å². The number of amides is 1. The predicted molar refractivity (Wildman–Crippen MR) is 98.6 cm³/mol. The highest BCUT2D eigenvalue weighted by atomic mass is 35.5. The van der Waals surface area contributed by atoms with Crippen molar-refractivity contribution in [3.05, 3.63) is 49.7 Å². The van der Waals surface area contributed by atoms with E-state index in [4.69, 9.17) is 16.3 Å². The van der Waals surface area contributed by atoms with Crippen LogP contribution in [0.15, 0.2) is 12.3 Å². The Balaban J connectivity index is 2.65. The van der Waals surface area contributed by atoms with E-state index < -0.39 is 16.8 Å². The molecule has 1 heterocycles. The largest absolute Gasteiger partial charge is 0.416 e. The van der Waals surface area contributed by atoms with E-state index in [9.17, 15) is 19.7 Å². The molecule has 0 N–H and O–H groups in total. The minimum absolute atomic E-state index is 0.0451. The molecule has 0 saturated heterocycles. The molecule has 0 radical (unpaired) electrons. The Labute approximate surface area is 160 Å². The van der Waals surface area contributed by atoms with E-state index in [1.807, 2.05) is 0 Å². The van der Waals surface area contributed by atoms with E-state index in [2.05, 4.69) is 5.10 Å². The average molecular weight is 395 g/mol. The number of ether oxygens (including phenoxy) is 1. The minimum Gasteiger partial charge on any atom is -0.391 e. The molecule has 1 aromatic carbocycles. The van der Waals surface area contributed by atoms with Gasteiger partial charge in [-0.25, -0.2) is 9.48 Å². The molecule has 0 aliphatic heterocycles. The number of nitrogens with zero attached hydrogens (tertiary/aromatic N) is 4. The fourth-order valence-electron chi connectivity index (χ4n) is 2.54. The Kier molecular flexibility index (Phi) is 5.85. The van der Waals surface area contributed by atoms with Gasteiger partial charge in [-0.2, -0.15) is 5.10 Å². The summed E-state index contributed by atoms with van der Waals surface area (Å²) in [4.78, 5) is 37.1. The molecule has 0 aliphatic rings. The van der Waals surface area contributed by atoms with Crippen LogP contribution < -0.4 is 4.74 Å². The molecular formula is C17H19ClN4O5. The van der Waals surface area contributed by atoms with Gasteiger partial charge in [0.25, 0.3) is 5.69 Å². The summed E-state index contributed by atoms with van der Waals surface area (Å²) < 4.78 is 6.60. The first kappa shape index (κ1) is 20.4. The Hall–Kier alpha value is -2.94. The van der Waals surface area contributed by atoms with Crippen LogP contribution in [0.4, 0.5) is 10.5 Å². The predicted octanol–water partition coefficient (Wildman–Crippen LogP) is 3.37. The van der Waals surface area contributed by atoms with Crippen molar-refractivity contribution >= 4 is 29.2 Å². The summed E-state index contributed by atoms with van der Waals surface area (Å²) in [5, 5.41) is 15.8. The van der Waals surface area contributed by atoms with Crippen LogP contribution in [0.25, 0.3) is 0 Å². The van der Waals surface area contributed by atoms with Crippen molar-refractivity contribution in [3.63, 3.8) is 0 Å². The third kappa shape index (κ3) is 3.77. The number of carbonyl (C=O) groups excluding carboxylic acids is 2. The molecule has 27 heavy (non-hydrogen) atoms. The van der Waals surface area contributed by atoms with E-state index in [1.165, 1.54) is 42.9 Å². The van der Waals surface area contributed by atoms with Gasteiger partial charge in [0.2, 0.25) is 11.7 Å². The first-order valence-corrected chi connectivity index (χ1v) is 8.41. The summed E-state index contributed by atoms with van der Waals surface area (Å²) in [6.07, 6.45) is 0.532. The van der Waals surface area contributed by atoms with Crippen LogP contribution in [0.2, 0.25) is 5.02 Å². The Morgan fingerprint density at radius 3 is 2.48 bits per heavy atom. The summed E-state index contributed by atoms with van der Waals surface area (Å²) in [6.45, 7) is 5.22. The molecule has 9 nitrogen and oxygen atoms in total. The smallest absolute Gasteiger partial charge is 0.391 e. The van der Waals surface area contributed by atoms with E-state index in [-0.39, 0.29) is 33.3 Å². The monoisotopic (exact) mass is 394 g/mol. The van der Waals surface area contributed by atoms with E-state index in [1.54, 1.807) is 13.8 Å². The number of aromatic nitrogens is 2. The molecule has 0 atom stereocenters. The number of halogens is 1. The highest BCUT2D eigenvalue weighted by molar-refractivity contribution is 6.32. The van der Waals surface area contributed by atoms with E-state index >= 15 is 0 Å². The van der Waals surface area contributed by atoms with Gasteiger partial charge < -0.3 is 9.64 Å². The van der Waals surface area contributed by atoms with Crippen LogP contribution in [0, 0.1) is 24.0 Å². The lowest BCUT2D eigenvalue weighted by molar-refractivity contribution is -0.385. The zero-order valence-corrected chi connectivity index (χ0v) is 16.3. The van der Waals surface area contributed by atoms with Gasteiger partial charge in [-0.3, -0.25) is 14.9 Å². The first-order valence-electron chi connectivity index (χ1n) is 8.03. The van der Waals surface area contributed by atoms with Gasteiger partial charge in [0.05, 0.1) is 16.1 Å². The summed E-state index contributed by atoms with van der Waals surface area (Å²) in [5.74, 6) is -0.744. The number of hydrogen-bond donors (Lipinski definition) is 0. The number of hydrogen-bond acceptors (Lipinski definition) is 6. The summed E-state index contributed by atoms with van der Waals surface area (Å²) in [5.41, 5.74) is 0.149. The zero-order valence-electron chi connectivity index (χ0n) is 15.6. The number of ketones is 1. The second-order valence-electron chi connectivity index (χ2n) is 6.06. The number of benzene rings is 1. The van der Waals surface area contributed by atoms with Crippen LogP contribution in [0.5, 0.6) is 5.88 Å². The molecule has 0 saturated carbocycles. The maximum Gasteiger partial charge on any atom is 0.416 e. The molecule has 0 bridgehead atoms. The zero-order chi connectivity index (χ0) is 20.5. The maximum atomic E-state index is 13.1. The Bertz CT molecular complexity index is 936. The fraction of sp³-hybridized carbons (Fsp3) is 0.353. The molecule has 10 heteroatoms. The molecule has 1 aromatic heterocycles. The maximum absolute atomic E-state index is 13.1. The van der Waals surface area contributed by atoms with Crippen molar-refractivity contribution in [3.8, 4) is 5.88 Å². The van der Waals surface area contributed by atoms with Crippen LogP contribution in [0.3, 0.4) is 0 Å². The summed E-state index contributed by atoms with van der Waals surface area (Å²) >= 11 is 6.10. The van der Waals surface area contributed by atoms with E-state index in [0.29, 0.717) is 12.1 Å². The Morgan fingerprint density at radius 1 is 1.33 bits per heavy atom. The van der Waals surface area contributed by atoms with Crippen molar-refractivity contribution in [2.75, 3.05) is 14.1 Å². The van der Waals surface area contributed by atoms with Crippen LogP contribution in [0.1, 0.15) is 34.0 Å². The molecule has 0 spiro atoms. The molecule has 2 aromatic rings. The molecule has 0 aliphatic carbocycles. The van der Waals surface area contributed by atoms with Gasteiger partial charge in [0.1, 0.15) is 11.1 Å². The molecule has 2 rings (SSSR count). The quantitative estimate of drug-likeness (QED) is 0.437. The van der Waals surface area contributed by atoms with Gasteiger partial charge >= 0.3 is 6.09 Å². The number of aryl methyl sites for hydroxylation is 2. The van der Waals surface area contributed by atoms with Crippen molar-refractivity contribution in [1.82, 2.24) is 14.7 Å². The van der Waals surface area contributed by atoms with Crippen LogP contribution in [-0.2, 0) is 6.54 Å². The summed E-state index contributed by atoms with van der Waals surface area (Å²) in [7, 11) is 2.99. The number of carbonyl (C=O) groups is 2. The van der Waals surface area contributed by atoms with Gasteiger partial charge in [-0.1, -0.05) is 11.6 Å². The minimum atomic E-state index is -0.697. The second kappa shape index (κ2) is 7.75. The number of nitro benzene ring substituents is 1. The Morgan fingerprint density at radius 2 is 1.96 bits per heavy atom. The lowest BCUT2D eigenvalue weighted by atomic mass is 9.98. The van der Waals surface area contributed by atoms with E-state index in [0.717, 1.165) is 0 Å². The highest BCUT2D eigenvalue weighted by Crippen LogP contribution is 2.35. The topological polar surface area (TPSA) is 108 Å². The standard InChI is InChI=1S/C17H19ClN4O5/c1-6-21-16(27-17(24)20(4)5)12(8-19-21)15(23)11-7-9(2)13(18)10(3)14(11)22(25)26/h7-8H,6H2,1-5H3.